The Morgan fingerprint density at radius 2 is 1.85 bits per heavy atom. The van der Waals surface area contributed by atoms with E-state index in [-0.39, 0.29) is 12.2 Å². The molecule has 0 N–H and O–H groups in total. The number of benzene rings is 2. The van der Waals surface area contributed by atoms with Crippen LogP contribution in [0.5, 0.6) is 0 Å². The van der Waals surface area contributed by atoms with E-state index in [1.807, 2.05) is 28.8 Å². The molecule has 0 saturated heterocycles. The van der Waals surface area contributed by atoms with Gasteiger partial charge in [0.1, 0.15) is 17.1 Å². The van der Waals surface area contributed by atoms with Crippen LogP contribution in [-0.4, -0.2) is 41.4 Å². The highest BCUT2D eigenvalue weighted by Crippen LogP contribution is 2.52. The third-order valence-electron chi connectivity index (χ3n) is 6.62. The van der Waals surface area contributed by atoms with Crippen molar-refractivity contribution in [1.82, 2.24) is 9.55 Å². The van der Waals surface area contributed by atoms with E-state index in [2.05, 4.69) is 10.1 Å². The van der Waals surface area contributed by atoms with Crippen LogP contribution >= 0.6 is 11.6 Å². The molecule has 0 amide bonds. The van der Waals surface area contributed by atoms with Gasteiger partial charge in [0.25, 0.3) is 0 Å². The highest BCUT2D eigenvalue weighted by Gasteiger charge is 2.61. The summed E-state index contributed by atoms with van der Waals surface area (Å²) in [5, 5.41) is 6.66. The van der Waals surface area contributed by atoms with Gasteiger partial charge in [-0.3, -0.25) is 4.79 Å². The third-order valence-corrected chi connectivity index (χ3v) is 6.87. The molecule has 0 aliphatic carbocycles. The number of ether oxygens (including phenoxy) is 2. The number of oxime groups is 1. The van der Waals surface area contributed by atoms with Crippen LogP contribution in [0, 0.1) is 5.41 Å². The summed E-state index contributed by atoms with van der Waals surface area (Å²) in [5.74, 6) is -1.09. The highest BCUT2D eigenvalue weighted by atomic mass is 35.5. The smallest absolute Gasteiger partial charge is 0.356 e. The van der Waals surface area contributed by atoms with Crippen molar-refractivity contribution in [2.24, 2.45) is 10.6 Å². The molecule has 8 nitrogen and oxygen atoms in total. The molecule has 6 rings (SSSR count). The van der Waals surface area contributed by atoms with Crippen molar-refractivity contribution in [3.63, 3.8) is 0 Å². The van der Waals surface area contributed by atoms with Crippen LogP contribution in [0.25, 0.3) is 21.8 Å². The summed E-state index contributed by atoms with van der Waals surface area (Å²) in [4.78, 5) is 36.5. The quantitative estimate of drug-likeness (QED) is 0.411. The number of hydrogen-bond donors (Lipinski definition) is 0. The summed E-state index contributed by atoms with van der Waals surface area (Å²) in [6, 6.07) is 16.6. The topological polar surface area (TPSA) is 92.0 Å². The van der Waals surface area contributed by atoms with E-state index in [1.54, 1.807) is 30.3 Å². The van der Waals surface area contributed by atoms with Gasteiger partial charge in [-0.05, 0) is 29.8 Å². The first-order valence-corrected chi connectivity index (χ1v) is 11.0. The molecule has 4 aromatic rings. The minimum absolute atomic E-state index is 0.117. The van der Waals surface area contributed by atoms with Crippen LogP contribution in [0.15, 0.2) is 59.8 Å². The average Bonchev–Trinajstić information content (AvgIpc) is 3.42. The molecule has 0 fully saturated rings. The number of methoxy groups -OCH3 is 2. The van der Waals surface area contributed by atoms with Gasteiger partial charge in [0.2, 0.25) is 0 Å². The number of para-hydroxylation sites is 1. The van der Waals surface area contributed by atoms with Crippen LogP contribution in [0.4, 0.5) is 0 Å². The van der Waals surface area contributed by atoms with Gasteiger partial charge in [0.05, 0.1) is 19.7 Å². The molecule has 4 heterocycles. The fraction of sp³-hybridized carbons (Fsp3) is 0.200. The van der Waals surface area contributed by atoms with Gasteiger partial charge in [-0.2, -0.15) is 0 Å². The Hall–Kier alpha value is -3.91. The second-order valence-electron chi connectivity index (χ2n) is 8.29. The van der Waals surface area contributed by atoms with Crippen molar-refractivity contribution in [3.8, 4) is 0 Å². The van der Waals surface area contributed by atoms with Gasteiger partial charge in [0, 0.05) is 27.9 Å². The first kappa shape index (κ1) is 20.7. The Labute approximate surface area is 198 Å². The molecule has 0 unspecified atom stereocenters. The minimum atomic E-state index is -1.33. The predicted octanol–water partition coefficient (Wildman–Crippen LogP) is 4.28. The Balaban J connectivity index is 1.69. The van der Waals surface area contributed by atoms with E-state index in [1.165, 1.54) is 14.2 Å². The number of carbonyl (C=O) groups excluding carboxylic acids is 2. The van der Waals surface area contributed by atoms with E-state index in [0.717, 1.165) is 21.8 Å². The van der Waals surface area contributed by atoms with Crippen molar-refractivity contribution in [2.75, 3.05) is 14.2 Å². The molecule has 9 heteroatoms. The normalized spacial score (nSPS) is 20.6. The standard InChI is InChI=1S/C25H18ClN3O5/c1-32-23(30)17-11-16-15-5-3-4-6-18(15)29-12-25(24(31)33-2)21(19(27-17)20(16)29)28-34-22(25)13-7-9-14(26)10-8-13/h3-11,22H,12H2,1-2H3/t22-,25-/m0/s1. The molecule has 170 valence electrons. The van der Waals surface area contributed by atoms with E-state index in [0.29, 0.717) is 22.0 Å². The van der Waals surface area contributed by atoms with Crippen LogP contribution < -0.4 is 0 Å². The Bertz CT molecular complexity index is 1540. The summed E-state index contributed by atoms with van der Waals surface area (Å²) in [7, 11) is 2.64. The number of fused-ring (bicyclic) bond motifs is 5. The van der Waals surface area contributed by atoms with E-state index < -0.39 is 23.5 Å². The number of halogens is 1. The monoisotopic (exact) mass is 475 g/mol. The number of esters is 2. The van der Waals surface area contributed by atoms with Crippen LogP contribution in [0.3, 0.4) is 0 Å². The van der Waals surface area contributed by atoms with E-state index in [9.17, 15) is 9.59 Å². The van der Waals surface area contributed by atoms with Gasteiger partial charge in [-0.1, -0.05) is 47.1 Å². The molecule has 34 heavy (non-hydrogen) atoms. The van der Waals surface area contributed by atoms with E-state index >= 15 is 0 Å². The summed E-state index contributed by atoms with van der Waals surface area (Å²) in [6.07, 6.45) is -0.778. The predicted molar refractivity (Wildman–Crippen MR) is 125 cm³/mol. The van der Waals surface area contributed by atoms with Crippen molar-refractivity contribution in [2.45, 2.75) is 12.6 Å². The van der Waals surface area contributed by atoms with Crippen molar-refractivity contribution in [1.29, 1.82) is 0 Å². The second-order valence-corrected chi connectivity index (χ2v) is 8.72. The van der Waals surface area contributed by atoms with Gasteiger partial charge in [-0.15, -0.1) is 0 Å². The molecule has 0 saturated carbocycles. The molecule has 2 aromatic carbocycles. The van der Waals surface area contributed by atoms with E-state index in [4.69, 9.17) is 25.9 Å². The maximum Gasteiger partial charge on any atom is 0.356 e. The lowest BCUT2D eigenvalue weighted by atomic mass is 9.72. The first-order valence-electron chi connectivity index (χ1n) is 10.6. The molecule has 2 atom stereocenters. The highest BCUT2D eigenvalue weighted by molar-refractivity contribution is 6.30. The number of rotatable bonds is 3. The van der Waals surface area contributed by atoms with Crippen molar-refractivity contribution < 1.29 is 23.9 Å². The van der Waals surface area contributed by atoms with Crippen molar-refractivity contribution >= 4 is 51.1 Å². The maximum atomic E-state index is 13.5. The summed E-state index contributed by atoms with van der Waals surface area (Å²) in [6.45, 7) is 0.224. The van der Waals surface area contributed by atoms with Crippen LogP contribution in [0.2, 0.25) is 5.02 Å². The van der Waals surface area contributed by atoms with Crippen molar-refractivity contribution in [3.05, 3.63) is 76.6 Å². The Morgan fingerprint density at radius 1 is 1.09 bits per heavy atom. The van der Waals surface area contributed by atoms with Gasteiger partial charge >= 0.3 is 11.9 Å². The van der Waals surface area contributed by atoms with Gasteiger partial charge in [0.15, 0.2) is 11.5 Å². The zero-order valence-electron chi connectivity index (χ0n) is 18.2. The zero-order valence-corrected chi connectivity index (χ0v) is 19.0. The molecule has 0 spiro atoms. The third kappa shape index (κ3) is 2.60. The first-order chi connectivity index (χ1) is 16.5. The fourth-order valence-electron chi connectivity index (χ4n) is 5.11. The largest absolute Gasteiger partial charge is 0.468 e. The van der Waals surface area contributed by atoms with Crippen LogP contribution in [0.1, 0.15) is 27.8 Å². The maximum absolute atomic E-state index is 13.5. The molecule has 0 radical (unpaired) electrons. The molecule has 0 bridgehead atoms. The second kappa shape index (κ2) is 7.30. The summed E-state index contributed by atoms with van der Waals surface area (Å²) >= 11 is 6.09. The SMILES string of the molecule is COC(=O)c1cc2c3ccccc3n3c2c(n1)C1=NO[C@@H](c2ccc(Cl)cc2)[C@]1(C(=O)OC)C3. The molecule has 2 aliphatic rings. The minimum Gasteiger partial charge on any atom is -0.468 e. The lowest BCUT2D eigenvalue weighted by Gasteiger charge is -2.35. The van der Waals surface area contributed by atoms with Gasteiger partial charge < -0.3 is 18.9 Å². The molecule has 2 aliphatic heterocycles. The lowest BCUT2D eigenvalue weighted by molar-refractivity contribution is -0.155. The summed E-state index contributed by atoms with van der Waals surface area (Å²) < 4.78 is 12.3. The number of carbonyl (C=O) groups is 2. The number of pyridine rings is 1. The zero-order chi connectivity index (χ0) is 23.6. The Morgan fingerprint density at radius 3 is 2.59 bits per heavy atom. The summed E-state index contributed by atoms with van der Waals surface area (Å²) in [5.41, 5.74) is 1.89. The van der Waals surface area contributed by atoms with Crippen LogP contribution in [-0.2, 0) is 25.7 Å². The molecular formula is C25H18ClN3O5. The average molecular weight is 476 g/mol. The number of aromatic nitrogens is 2. The fourth-order valence-corrected chi connectivity index (χ4v) is 5.23. The Kier molecular flexibility index (Phi) is 4.44. The number of hydrogen-bond acceptors (Lipinski definition) is 7. The number of nitrogens with zero attached hydrogens (tertiary/aromatic N) is 3. The van der Waals surface area contributed by atoms with Gasteiger partial charge in [-0.25, -0.2) is 9.78 Å². The lowest BCUT2D eigenvalue weighted by Crippen LogP contribution is -2.48. The molecular weight excluding hydrogens is 458 g/mol. The molecule has 2 aromatic heterocycles.